The number of carbonyl (C=O) groups is 2. The van der Waals surface area contributed by atoms with Crippen molar-refractivity contribution in [1.29, 1.82) is 0 Å². The van der Waals surface area contributed by atoms with Gasteiger partial charge < -0.3 is 15.3 Å². The smallest absolute Gasteiger partial charge is 0.193 e. The average Bonchev–Trinajstić information content (AvgIpc) is 2.85. The summed E-state index contributed by atoms with van der Waals surface area (Å²) in [6.07, 6.45) is 0. The summed E-state index contributed by atoms with van der Waals surface area (Å²) < 4.78 is 5.84. The van der Waals surface area contributed by atoms with Crippen molar-refractivity contribution in [3.63, 3.8) is 0 Å². The number of benzene rings is 4. The van der Waals surface area contributed by atoms with Gasteiger partial charge in [-0.1, -0.05) is 0 Å². The average molecular weight is 424 g/mol. The molecular weight excluding hydrogens is 404 g/mol. The Labute approximate surface area is 185 Å². The van der Waals surface area contributed by atoms with Crippen molar-refractivity contribution in [1.82, 2.24) is 0 Å². The molecule has 0 aromatic heterocycles. The highest BCUT2D eigenvalue weighted by Crippen LogP contribution is 2.24. The van der Waals surface area contributed by atoms with Crippen LogP contribution in [0.1, 0.15) is 31.8 Å². The fourth-order valence-corrected chi connectivity index (χ4v) is 3.14. The van der Waals surface area contributed by atoms with E-state index in [1.807, 2.05) is 0 Å². The summed E-state index contributed by atoms with van der Waals surface area (Å²) >= 11 is 0. The Bertz CT molecular complexity index is 1230. The van der Waals surface area contributed by atoms with Crippen LogP contribution < -0.4 is 21.2 Å². The van der Waals surface area contributed by atoms with E-state index in [-0.39, 0.29) is 11.6 Å². The quantitative estimate of drug-likeness (QED) is 0.251. The number of carbonyl (C=O) groups excluding carboxylic acids is 2. The molecule has 0 aliphatic carbocycles. The largest absolute Gasteiger partial charge is 0.457 e. The third-order valence-electron chi connectivity index (χ3n) is 4.89. The van der Waals surface area contributed by atoms with Crippen molar-refractivity contribution in [2.75, 3.05) is 5.73 Å². The van der Waals surface area contributed by atoms with Crippen LogP contribution in [0.2, 0.25) is 0 Å². The molecule has 4 aromatic carbocycles. The molecular formula is C26H20N2O4. The molecule has 0 saturated heterocycles. The number of hydrogen-bond acceptors (Lipinski definition) is 6. The predicted molar refractivity (Wildman–Crippen MR) is 122 cm³/mol. The SMILES string of the molecule is NOc1ccc(C(=O)c2ccc(Oc3ccc(C(=O)c4ccc(N)cc4)cc3)cc2)cc1. The molecule has 0 heterocycles. The van der Waals surface area contributed by atoms with Gasteiger partial charge in [-0.2, -0.15) is 5.90 Å². The van der Waals surface area contributed by atoms with Crippen LogP contribution in [0.3, 0.4) is 0 Å². The van der Waals surface area contributed by atoms with E-state index in [4.69, 9.17) is 16.4 Å². The van der Waals surface area contributed by atoms with Gasteiger partial charge in [-0.05, 0) is 97.1 Å². The van der Waals surface area contributed by atoms with Crippen LogP contribution in [0.5, 0.6) is 17.2 Å². The van der Waals surface area contributed by atoms with Gasteiger partial charge in [0.2, 0.25) is 0 Å². The van der Waals surface area contributed by atoms with Crippen molar-refractivity contribution in [2.45, 2.75) is 0 Å². The van der Waals surface area contributed by atoms with Crippen LogP contribution in [0.25, 0.3) is 0 Å². The van der Waals surface area contributed by atoms with Crippen LogP contribution in [-0.4, -0.2) is 11.6 Å². The molecule has 0 bridgehead atoms. The molecule has 0 aliphatic heterocycles. The van der Waals surface area contributed by atoms with Crippen LogP contribution in [0.4, 0.5) is 5.69 Å². The second-order valence-corrected chi connectivity index (χ2v) is 7.07. The lowest BCUT2D eigenvalue weighted by molar-refractivity contribution is 0.103. The van der Waals surface area contributed by atoms with Crippen molar-refractivity contribution in [2.24, 2.45) is 5.90 Å². The Morgan fingerprint density at radius 3 is 1.16 bits per heavy atom. The summed E-state index contributed by atoms with van der Waals surface area (Å²) in [5.74, 6) is 6.52. The maximum Gasteiger partial charge on any atom is 0.193 e. The van der Waals surface area contributed by atoms with E-state index in [0.717, 1.165) is 0 Å². The van der Waals surface area contributed by atoms with Crippen molar-refractivity contribution in [3.8, 4) is 17.2 Å². The molecule has 0 fully saturated rings. The number of nitrogen functional groups attached to an aromatic ring is 1. The van der Waals surface area contributed by atoms with Gasteiger partial charge in [0.1, 0.15) is 17.2 Å². The van der Waals surface area contributed by atoms with E-state index in [1.165, 1.54) is 0 Å². The first-order chi connectivity index (χ1) is 15.5. The van der Waals surface area contributed by atoms with Gasteiger partial charge >= 0.3 is 0 Å². The van der Waals surface area contributed by atoms with Gasteiger partial charge in [0, 0.05) is 27.9 Å². The molecule has 4 aromatic rings. The highest BCUT2D eigenvalue weighted by Gasteiger charge is 2.11. The maximum absolute atomic E-state index is 12.6. The van der Waals surface area contributed by atoms with E-state index < -0.39 is 0 Å². The summed E-state index contributed by atoms with van der Waals surface area (Å²) in [6, 6.07) is 27.1. The zero-order chi connectivity index (χ0) is 22.5. The van der Waals surface area contributed by atoms with Crippen molar-refractivity contribution >= 4 is 17.3 Å². The monoisotopic (exact) mass is 424 g/mol. The summed E-state index contributed by atoms with van der Waals surface area (Å²) in [4.78, 5) is 29.8. The van der Waals surface area contributed by atoms with E-state index in [2.05, 4.69) is 4.84 Å². The Morgan fingerprint density at radius 2 is 0.812 bits per heavy atom. The highest BCUT2D eigenvalue weighted by molar-refractivity contribution is 6.09. The predicted octanol–water partition coefficient (Wildman–Crippen LogP) is 4.78. The Hall–Kier alpha value is -4.42. The lowest BCUT2D eigenvalue weighted by atomic mass is 10.0. The second kappa shape index (κ2) is 9.16. The molecule has 0 saturated carbocycles. The van der Waals surface area contributed by atoms with E-state index in [1.54, 1.807) is 97.1 Å². The molecule has 0 aliphatic rings. The molecule has 0 atom stereocenters. The summed E-state index contributed by atoms with van der Waals surface area (Å²) in [5, 5.41) is 0. The van der Waals surface area contributed by atoms with Gasteiger partial charge in [-0.25, -0.2) is 0 Å². The maximum atomic E-state index is 12.6. The molecule has 0 spiro atoms. The number of ketones is 2. The Balaban J connectivity index is 1.42. The fraction of sp³-hybridized carbons (Fsp3) is 0. The topological polar surface area (TPSA) is 105 Å². The zero-order valence-electron chi connectivity index (χ0n) is 17.0. The van der Waals surface area contributed by atoms with E-state index in [9.17, 15) is 9.59 Å². The minimum absolute atomic E-state index is 0.0922. The van der Waals surface area contributed by atoms with E-state index >= 15 is 0 Å². The molecule has 0 radical (unpaired) electrons. The van der Waals surface area contributed by atoms with Crippen LogP contribution >= 0.6 is 0 Å². The fourth-order valence-electron chi connectivity index (χ4n) is 3.14. The van der Waals surface area contributed by atoms with Gasteiger partial charge in [-0.3, -0.25) is 9.59 Å². The minimum Gasteiger partial charge on any atom is -0.457 e. The van der Waals surface area contributed by atoms with Crippen LogP contribution in [0, 0.1) is 0 Å². The Morgan fingerprint density at radius 1 is 0.500 bits per heavy atom. The first-order valence-corrected chi connectivity index (χ1v) is 9.83. The van der Waals surface area contributed by atoms with Gasteiger partial charge in [0.15, 0.2) is 11.6 Å². The van der Waals surface area contributed by atoms with Gasteiger partial charge in [0.05, 0.1) is 0 Å². The molecule has 4 rings (SSSR count). The lowest BCUT2D eigenvalue weighted by Crippen LogP contribution is -2.04. The van der Waals surface area contributed by atoms with Crippen LogP contribution in [-0.2, 0) is 0 Å². The molecule has 158 valence electrons. The van der Waals surface area contributed by atoms with Crippen molar-refractivity contribution in [3.05, 3.63) is 119 Å². The standard InChI is InChI=1S/C26H20N2O4/c27-21-9-1-17(2-10-21)25(29)18-3-11-22(12-4-18)31-23-13-5-19(6-14-23)26(30)20-7-15-24(32-28)16-8-20/h1-16H,27-28H2. The molecule has 6 nitrogen and oxygen atoms in total. The molecule has 0 amide bonds. The van der Waals surface area contributed by atoms with Gasteiger partial charge in [-0.15, -0.1) is 0 Å². The van der Waals surface area contributed by atoms with Crippen LogP contribution in [0.15, 0.2) is 97.1 Å². The number of anilines is 1. The molecule has 6 heteroatoms. The molecule has 0 unspecified atom stereocenters. The Kier molecular flexibility index (Phi) is 5.96. The third kappa shape index (κ3) is 4.66. The second-order valence-electron chi connectivity index (χ2n) is 7.07. The number of nitrogens with two attached hydrogens (primary N) is 2. The summed E-state index contributed by atoms with van der Waals surface area (Å²) in [5.41, 5.74) is 8.46. The molecule has 4 N–H and O–H groups in total. The third-order valence-corrected chi connectivity index (χ3v) is 4.89. The molecule has 32 heavy (non-hydrogen) atoms. The summed E-state index contributed by atoms with van der Waals surface area (Å²) in [6.45, 7) is 0. The number of ether oxygens (including phenoxy) is 1. The first-order valence-electron chi connectivity index (χ1n) is 9.83. The first kappa shape index (κ1) is 20.8. The van der Waals surface area contributed by atoms with Gasteiger partial charge in [0.25, 0.3) is 0 Å². The number of hydrogen-bond donors (Lipinski definition) is 2. The highest BCUT2D eigenvalue weighted by atomic mass is 16.6. The van der Waals surface area contributed by atoms with Crippen molar-refractivity contribution < 1.29 is 19.2 Å². The normalized spacial score (nSPS) is 10.4. The summed E-state index contributed by atoms with van der Waals surface area (Å²) in [7, 11) is 0. The number of rotatable bonds is 7. The lowest BCUT2D eigenvalue weighted by Gasteiger charge is -2.08. The van der Waals surface area contributed by atoms with E-state index in [0.29, 0.717) is 45.2 Å². The minimum atomic E-state index is -0.120. The zero-order valence-corrected chi connectivity index (χ0v) is 17.0.